The summed E-state index contributed by atoms with van der Waals surface area (Å²) in [6, 6.07) is 6.35. The van der Waals surface area contributed by atoms with E-state index in [1.165, 1.54) is 5.57 Å². The Labute approximate surface area is 132 Å². The van der Waals surface area contributed by atoms with Gasteiger partial charge in [0.05, 0.1) is 4.90 Å². The van der Waals surface area contributed by atoms with E-state index in [1.54, 1.807) is 28.6 Å². The first kappa shape index (κ1) is 16.5. The van der Waals surface area contributed by atoms with Gasteiger partial charge in [0.2, 0.25) is 10.0 Å². The highest BCUT2D eigenvalue weighted by Gasteiger charge is 2.27. The molecule has 1 aromatic rings. The summed E-state index contributed by atoms with van der Waals surface area (Å²) >= 11 is 5.81. The quantitative estimate of drug-likeness (QED) is 0.798. The minimum Gasteiger partial charge on any atom is -0.297 e. The summed E-state index contributed by atoms with van der Waals surface area (Å²) in [6.45, 7) is 7.61. The van der Waals surface area contributed by atoms with Crippen LogP contribution in [-0.4, -0.2) is 50.3 Å². The molecule has 1 aromatic carbocycles. The predicted molar refractivity (Wildman–Crippen MR) is 86.1 cm³/mol. The Kier molecular flexibility index (Phi) is 5.43. The first-order valence-electron chi connectivity index (χ1n) is 7.01. The number of halogens is 1. The third-order valence-corrected chi connectivity index (χ3v) is 5.71. The molecule has 0 atom stereocenters. The lowest BCUT2D eigenvalue weighted by Crippen LogP contribution is -2.48. The van der Waals surface area contributed by atoms with Crippen LogP contribution in [0.2, 0.25) is 5.02 Å². The van der Waals surface area contributed by atoms with Gasteiger partial charge in [-0.3, -0.25) is 4.90 Å². The van der Waals surface area contributed by atoms with Crippen molar-refractivity contribution < 1.29 is 8.42 Å². The van der Waals surface area contributed by atoms with Gasteiger partial charge >= 0.3 is 0 Å². The minimum atomic E-state index is -3.40. The number of hydrogen-bond donors (Lipinski definition) is 0. The number of rotatable bonds is 4. The Hall–Kier alpha value is -0.880. The summed E-state index contributed by atoms with van der Waals surface area (Å²) in [5.41, 5.74) is 1.28. The van der Waals surface area contributed by atoms with Crippen molar-refractivity contribution >= 4 is 21.6 Å². The topological polar surface area (TPSA) is 40.6 Å². The van der Waals surface area contributed by atoms with Crippen LogP contribution in [0.5, 0.6) is 0 Å². The molecule has 1 saturated heterocycles. The van der Waals surface area contributed by atoms with E-state index in [2.05, 4.69) is 24.8 Å². The number of sulfonamides is 1. The van der Waals surface area contributed by atoms with E-state index >= 15 is 0 Å². The van der Waals surface area contributed by atoms with Crippen LogP contribution >= 0.6 is 11.6 Å². The van der Waals surface area contributed by atoms with Crippen molar-refractivity contribution in [1.29, 1.82) is 0 Å². The van der Waals surface area contributed by atoms with Crippen molar-refractivity contribution in [3.05, 3.63) is 40.9 Å². The molecule has 0 saturated carbocycles. The van der Waals surface area contributed by atoms with Crippen LogP contribution in [0.15, 0.2) is 40.8 Å². The van der Waals surface area contributed by atoms with Gasteiger partial charge in [0, 0.05) is 37.7 Å². The summed E-state index contributed by atoms with van der Waals surface area (Å²) in [5.74, 6) is 0. The van der Waals surface area contributed by atoms with E-state index in [9.17, 15) is 8.42 Å². The molecule has 0 aliphatic carbocycles. The Morgan fingerprint density at radius 1 is 1.14 bits per heavy atom. The van der Waals surface area contributed by atoms with Crippen molar-refractivity contribution in [3.8, 4) is 0 Å². The zero-order chi connectivity index (χ0) is 15.5. The molecule has 4 nitrogen and oxygen atoms in total. The number of piperazine rings is 1. The third kappa shape index (κ3) is 4.30. The molecule has 0 amide bonds. The summed E-state index contributed by atoms with van der Waals surface area (Å²) < 4.78 is 26.6. The second kappa shape index (κ2) is 6.92. The van der Waals surface area contributed by atoms with Gasteiger partial charge in [-0.1, -0.05) is 23.3 Å². The van der Waals surface area contributed by atoms with E-state index in [4.69, 9.17) is 11.6 Å². The van der Waals surface area contributed by atoms with E-state index in [0.29, 0.717) is 23.0 Å². The van der Waals surface area contributed by atoms with Gasteiger partial charge in [-0.15, -0.1) is 0 Å². The minimum absolute atomic E-state index is 0.310. The first-order valence-corrected chi connectivity index (χ1v) is 8.83. The molecule has 0 aromatic heterocycles. The molecule has 0 spiro atoms. The largest absolute Gasteiger partial charge is 0.297 e. The third-order valence-electron chi connectivity index (χ3n) is 3.54. The van der Waals surface area contributed by atoms with Crippen molar-refractivity contribution in [3.63, 3.8) is 0 Å². The average Bonchev–Trinajstić information content (AvgIpc) is 2.46. The summed E-state index contributed by atoms with van der Waals surface area (Å²) in [4.78, 5) is 2.57. The van der Waals surface area contributed by atoms with Crippen molar-refractivity contribution in [2.75, 3.05) is 32.7 Å². The van der Waals surface area contributed by atoms with E-state index in [1.807, 2.05) is 0 Å². The van der Waals surface area contributed by atoms with E-state index < -0.39 is 10.0 Å². The van der Waals surface area contributed by atoms with Crippen LogP contribution in [0.1, 0.15) is 13.8 Å². The zero-order valence-electron chi connectivity index (χ0n) is 12.4. The molecular formula is C15H21ClN2O2S. The number of hydrogen-bond acceptors (Lipinski definition) is 3. The molecule has 0 N–H and O–H groups in total. The van der Waals surface area contributed by atoms with Crippen LogP contribution in [0.4, 0.5) is 0 Å². The Balaban J connectivity index is 2.01. The maximum atomic E-state index is 12.5. The average molecular weight is 329 g/mol. The second-order valence-corrected chi connectivity index (χ2v) is 7.81. The van der Waals surface area contributed by atoms with Gasteiger partial charge in [-0.25, -0.2) is 8.42 Å². The van der Waals surface area contributed by atoms with Gasteiger partial charge in [0.25, 0.3) is 0 Å². The monoisotopic (exact) mass is 328 g/mol. The van der Waals surface area contributed by atoms with Gasteiger partial charge in [-0.2, -0.15) is 4.31 Å². The molecule has 1 heterocycles. The Morgan fingerprint density at radius 2 is 1.71 bits per heavy atom. The number of nitrogens with zero attached hydrogens (tertiary/aromatic N) is 2. The SMILES string of the molecule is CC(C)=CCN1CCN(S(=O)(=O)c2ccc(Cl)cc2)CC1. The van der Waals surface area contributed by atoms with Crippen molar-refractivity contribution in [2.45, 2.75) is 18.7 Å². The summed E-state index contributed by atoms with van der Waals surface area (Å²) in [6.07, 6.45) is 2.17. The van der Waals surface area contributed by atoms with Gasteiger partial charge in [0.15, 0.2) is 0 Å². The fraction of sp³-hybridized carbons (Fsp3) is 0.467. The molecule has 1 fully saturated rings. The first-order chi connectivity index (χ1) is 9.89. The lowest BCUT2D eigenvalue weighted by atomic mass is 10.3. The standard InChI is InChI=1S/C15H21ClN2O2S/c1-13(2)7-8-17-9-11-18(12-10-17)21(19,20)15-5-3-14(16)4-6-15/h3-7H,8-12H2,1-2H3. The maximum absolute atomic E-state index is 12.5. The normalized spacial score (nSPS) is 17.7. The highest BCUT2D eigenvalue weighted by molar-refractivity contribution is 7.89. The van der Waals surface area contributed by atoms with Crippen LogP contribution in [-0.2, 0) is 10.0 Å². The molecule has 6 heteroatoms. The molecule has 2 rings (SSSR count). The molecule has 0 unspecified atom stereocenters. The number of benzene rings is 1. The summed E-state index contributed by atoms with van der Waals surface area (Å²) in [5, 5.41) is 0.542. The predicted octanol–water partition coefficient (Wildman–Crippen LogP) is 2.61. The number of allylic oxidation sites excluding steroid dienone is 1. The lowest BCUT2D eigenvalue weighted by Gasteiger charge is -2.33. The molecule has 0 radical (unpaired) electrons. The van der Waals surface area contributed by atoms with Gasteiger partial charge in [-0.05, 0) is 38.1 Å². The fourth-order valence-corrected chi connectivity index (χ4v) is 3.77. The van der Waals surface area contributed by atoms with Gasteiger partial charge in [0.1, 0.15) is 0 Å². The van der Waals surface area contributed by atoms with Gasteiger partial charge < -0.3 is 0 Å². The molecule has 1 aliphatic rings. The highest BCUT2D eigenvalue weighted by atomic mass is 35.5. The van der Waals surface area contributed by atoms with Crippen LogP contribution in [0, 0.1) is 0 Å². The Morgan fingerprint density at radius 3 is 2.24 bits per heavy atom. The van der Waals surface area contributed by atoms with E-state index in [0.717, 1.165) is 19.6 Å². The maximum Gasteiger partial charge on any atom is 0.243 e. The van der Waals surface area contributed by atoms with Crippen LogP contribution in [0.3, 0.4) is 0 Å². The molecule has 0 bridgehead atoms. The molecule has 1 aliphatic heterocycles. The Bertz CT molecular complexity index is 599. The van der Waals surface area contributed by atoms with Crippen molar-refractivity contribution in [2.24, 2.45) is 0 Å². The fourth-order valence-electron chi connectivity index (χ4n) is 2.22. The van der Waals surface area contributed by atoms with E-state index in [-0.39, 0.29) is 0 Å². The smallest absolute Gasteiger partial charge is 0.243 e. The molecular weight excluding hydrogens is 308 g/mol. The van der Waals surface area contributed by atoms with Crippen LogP contribution in [0.25, 0.3) is 0 Å². The highest BCUT2D eigenvalue weighted by Crippen LogP contribution is 2.19. The lowest BCUT2D eigenvalue weighted by molar-refractivity contribution is 0.204. The summed E-state index contributed by atoms with van der Waals surface area (Å²) in [7, 11) is -3.40. The van der Waals surface area contributed by atoms with Crippen LogP contribution < -0.4 is 0 Å². The molecule has 21 heavy (non-hydrogen) atoms. The zero-order valence-corrected chi connectivity index (χ0v) is 14.0. The van der Waals surface area contributed by atoms with Crippen molar-refractivity contribution in [1.82, 2.24) is 9.21 Å². The molecule has 116 valence electrons. The second-order valence-electron chi connectivity index (χ2n) is 5.44.